The first-order chi connectivity index (χ1) is 9.42. The molecule has 1 heterocycles. The van der Waals surface area contributed by atoms with Crippen LogP contribution < -0.4 is 11.2 Å². The van der Waals surface area contributed by atoms with Crippen LogP contribution in [0.25, 0.3) is 0 Å². The Bertz CT molecular complexity index is 634. The molecule has 110 valence electrons. The van der Waals surface area contributed by atoms with Gasteiger partial charge >= 0.3 is 5.69 Å². The average molecular weight is 280 g/mol. The van der Waals surface area contributed by atoms with Crippen LogP contribution in [0.5, 0.6) is 0 Å². The highest BCUT2D eigenvalue weighted by Gasteiger charge is 2.18. The number of carbonyl (C=O) groups excluding carboxylic acids is 1. The van der Waals surface area contributed by atoms with Crippen molar-refractivity contribution in [2.75, 3.05) is 6.61 Å². The third-order valence-electron chi connectivity index (χ3n) is 2.73. The number of nitrogens with one attached hydrogen (secondary N) is 1. The predicted molar refractivity (Wildman–Crippen MR) is 76.1 cm³/mol. The molecule has 0 amide bonds. The minimum Gasteiger partial charge on any atom is -0.361 e. The van der Waals surface area contributed by atoms with E-state index in [-0.39, 0.29) is 18.2 Å². The lowest BCUT2D eigenvalue weighted by molar-refractivity contribution is 0.0786. The van der Waals surface area contributed by atoms with E-state index in [1.165, 1.54) is 10.6 Å². The van der Waals surface area contributed by atoms with Crippen LogP contribution in [0.2, 0.25) is 0 Å². The molecule has 0 unspecified atom stereocenters. The van der Waals surface area contributed by atoms with Crippen molar-refractivity contribution in [3.63, 3.8) is 0 Å². The van der Waals surface area contributed by atoms with Gasteiger partial charge in [-0.25, -0.2) is 4.79 Å². The number of aromatic amines is 1. The van der Waals surface area contributed by atoms with Crippen LogP contribution in [0.3, 0.4) is 0 Å². The van der Waals surface area contributed by atoms with E-state index in [2.05, 4.69) is 4.98 Å². The van der Waals surface area contributed by atoms with Crippen molar-refractivity contribution in [3.05, 3.63) is 43.7 Å². The fourth-order valence-corrected chi connectivity index (χ4v) is 1.86. The first kappa shape index (κ1) is 16.1. The average Bonchev–Trinajstić information content (AvgIpc) is 2.36. The second kappa shape index (κ2) is 7.00. The SMILES string of the molecule is CCOCn1c(C(=O)C=C(C)C)c(CC)c(=O)[nH]c1=O. The smallest absolute Gasteiger partial charge is 0.330 e. The molecule has 1 aromatic heterocycles. The number of hydrogen-bond donors (Lipinski definition) is 1. The van der Waals surface area contributed by atoms with Gasteiger partial charge in [0.15, 0.2) is 0 Å². The zero-order valence-electron chi connectivity index (χ0n) is 12.3. The van der Waals surface area contributed by atoms with E-state index >= 15 is 0 Å². The van der Waals surface area contributed by atoms with Crippen molar-refractivity contribution in [2.45, 2.75) is 40.8 Å². The lowest BCUT2D eigenvalue weighted by atomic mass is 10.1. The summed E-state index contributed by atoms with van der Waals surface area (Å²) in [5.41, 5.74) is 0.0531. The van der Waals surface area contributed by atoms with Crippen LogP contribution in [0.4, 0.5) is 0 Å². The van der Waals surface area contributed by atoms with Crippen LogP contribution in [0, 0.1) is 0 Å². The number of rotatable bonds is 6. The molecule has 0 saturated carbocycles. The fraction of sp³-hybridized carbons (Fsp3) is 0.500. The van der Waals surface area contributed by atoms with Crippen molar-refractivity contribution in [1.29, 1.82) is 0 Å². The Balaban J connectivity index is 3.57. The molecule has 0 atom stereocenters. The number of ether oxygens (including phenoxy) is 1. The molecule has 0 bridgehead atoms. The van der Waals surface area contributed by atoms with Gasteiger partial charge in [0, 0.05) is 12.2 Å². The van der Waals surface area contributed by atoms with Crippen LogP contribution in [0.1, 0.15) is 43.7 Å². The maximum absolute atomic E-state index is 12.3. The third-order valence-corrected chi connectivity index (χ3v) is 2.73. The maximum Gasteiger partial charge on any atom is 0.330 e. The summed E-state index contributed by atoms with van der Waals surface area (Å²) >= 11 is 0. The molecule has 0 aliphatic heterocycles. The monoisotopic (exact) mass is 280 g/mol. The molecule has 0 spiro atoms. The van der Waals surface area contributed by atoms with Crippen molar-refractivity contribution in [1.82, 2.24) is 9.55 Å². The Hall–Kier alpha value is -1.95. The van der Waals surface area contributed by atoms with E-state index in [0.717, 1.165) is 5.57 Å². The van der Waals surface area contributed by atoms with E-state index in [4.69, 9.17) is 4.74 Å². The van der Waals surface area contributed by atoms with Gasteiger partial charge < -0.3 is 4.74 Å². The van der Waals surface area contributed by atoms with Crippen molar-refractivity contribution in [2.24, 2.45) is 0 Å². The lowest BCUT2D eigenvalue weighted by Gasteiger charge is -2.13. The molecular formula is C14H20N2O4. The summed E-state index contributed by atoms with van der Waals surface area (Å²) in [5.74, 6) is -0.357. The number of aromatic nitrogens is 2. The number of nitrogens with zero attached hydrogens (tertiary/aromatic N) is 1. The summed E-state index contributed by atoms with van der Waals surface area (Å²) in [7, 11) is 0. The molecule has 6 nitrogen and oxygen atoms in total. The number of H-pyrrole nitrogens is 1. The number of allylic oxidation sites excluding steroid dienone is 2. The summed E-state index contributed by atoms with van der Waals surface area (Å²) in [5, 5.41) is 0. The Kier molecular flexibility index (Phi) is 5.64. The summed E-state index contributed by atoms with van der Waals surface area (Å²) in [6, 6.07) is 0. The number of carbonyl (C=O) groups is 1. The second-order valence-electron chi connectivity index (χ2n) is 4.58. The summed E-state index contributed by atoms with van der Waals surface area (Å²) < 4.78 is 6.38. The van der Waals surface area contributed by atoms with Crippen LogP contribution >= 0.6 is 0 Å². The quantitative estimate of drug-likeness (QED) is 0.628. The minimum absolute atomic E-state index is 0.0587. The van der Waals surface area contributed by atoms with Gasteiger partial charge in [0.25, 0.3) is 5.56 Å². The molecule has 0 aromatic carbocycles. The van der Waals surface area contributed by atoms with Gasteiger partial charge in [-0.3, -0.25) is 19.1 Å². The molecule has 1 N–H and O–H groups in total. The standard InChI is InChI=1S/C14H20N2O4/c1-5-10-12(11(17)7-9(3)4)16(8-20-6-2)14(19)15-13(10)18/h7H,5-6,8H2,1-4H3,(H,15,18,19). The third kappa shape index (κ3) is 3.54. The van der Waals surface area contributed by atoms with Gasteiger partial charge in [-0.15, -0.1) is 0 Å². The largest absolute Gasteiger partial charge is 0.361 e. The topological polar surface area (TPSA) is 81.2 Å². The van der Waals surface area contributed by atoms with Crippen molar-refractivity contribution in [3.8, 4) is 0 Å². The molecule has 0 aliphatic carbocycles. The zero-order valence-corrected chi connectivity index (χ0v) is 12.3. The molecular weight excluding hydrogens is 260 g/mol. The van der Waals surface area contributed by atoms with E-state index in [1.54, 1.807) is 27.7 Å². The van der Waals surface area contributed by atoms with E-state index in [1.807, 2.05) is 0 Å². The van der Waals surface area contributed by atoms with Crippen molar-refractivity contribution < 1.29 is 9.53 Å². The van der Waals surface area contributed by atoms with Crippen LogP contribution in [-0.4, -0.2) is 21.9 Å². The summed E-state index contributed by atoms with van der Waals surface area (Å²) in [6.07, 6.45) is 1.77. The van der Waals surface area contributed by atoms with Crippen LogP contribution in [0.15, 0.2) is 21.2 Å². The van der Waals surface area contributed by atoms with Gasteiger partial charge in [0.2, 0.25) is 5.78 Å². The Morgan fingerprint density at radius 1 is 1.30 bits per heavy atom. The van der Waals surface area contributed by atoms with Gasteiger partial charge in [-0.1, -0.05) is 12.5 Å². The first-order valence-corrected chi connectivity index (χ1v) is 6.55. The summed E-state index contributed by atoms with van der Waals surface area (Å²) in [6.45, 7) is 7.46. The van der Waals surface area contributed by atoms with E-state index < -0.39 is 11.2 Å². The van der Waals surface area contributed by atoms with Crippen molar-refractivity contribution >= 4 is 5.78 Å². The molecule has 1 aromatic rings. The van der Waals surface area contributed by atoms with Gasteiger partial charge in [-0.05, 0) is 33.3 Å². The van der Waals surface area contributed by atoms with Gasteiger partial charge in [0.05, 0.1) is 0 Å². The molecule has 0 aliphatic rings. The predicted octanol–water partition coefficient (Wildman–Crippen LogP) is 1.24. The maximum atomic E-state index is 12.3. The number of hydrogen-bond acceptors (Lipinski definition) is 4. The summed E-state index contributed by atoms with van der Waals surface area (Å²) in [4.78, 5) is 38.2. The fourth-order valence-electron chi connectivity index (χ4n) is 1.86. The highest BCUT2D eigenvalue weighted by Crippen LogP contribution is 2.07. The highest BCUT2D eigenvalue weighted by atomic mass is 16.5. The highest BCUT2D eigenvalue weighted by molar-refractivity contribution is 6.04. The zero-order chi connectivity index (χ0) is 15.3. The Labute approximate surface area is 117 Å². The first-order valence-electron chi connectivity index (χ1n) is 6.55. The van der Waals surface area contributed by atoms with E-state index in [9.17, 15) is 14.4 Å². The second-order valence-corrected chi connectivity index (χ2v) is 4.58. The molecule has 1 rings (SSSR count). The molecule has 20 heavy (non-hydrogen) atoms. The Morgan fingerprint density at radius 3 is 2.45 bits per heavy atom. The molecule has 0 fully saturated rings. The molecule has 0 radical (unpaired) electrons. The van der Waals surface area contributed by atoms with Crippen LogP contribution in [-0.2, 0) is 17.9 Å². The van der Waals surface area contributed by atoms with Gasteiger partial charge in [0.1, 0.15) is 12.4 Å². The lowest BCUT2D eigenvalue weighted by Crippen LogP contribution is -2.37. The molecule has 6 heteroatoms. The Morgan fingerprint density at radius 2 is 1.95 bits per heavy atom. The molecule has 0 saturated heterocycles. The minimum atomic E-state index is -0.633. The number of ketones is 1. The van der Waals surface area contributed by atoms with Gasteiger partial charge in [-0.2, -0.15) is 0 Å². The normalized spacial score (nSPS) is 10.4. The van der Waals surface area contributed by atoms with E-state index in [0.29, 0.717) is 18.6 Å².